The maximum atomic E-state index is 14.0. The fraction of sp³-hybridized carbons (Fsp3) is 0.294. The van der Waals surface area contributed by atoms with Gasteiger partial charge in [0.05, 0.1) is 18.3 Å². The third-order valence-corrected chi connectivity index (χ3v) is 4.79. The lowest BCUT2D eigenvalue weighted by Crippen LogP contribution is -2.40. The molecule has 0 aliphatic carbocycles. The highest BCUT2D eigenvalue weighted by atomic mass is 19.1. The molecule has 0 unspecified atom stereocenters. The molecule has 4 rings (SSSR count). The third-order valence-electron chi connectivity index (χ3n) is 4.79. The Bertz CT molecular complexity index is 1190. The van der Waals surface area contributed by atoms with E-state index in [1.54, 1.807) is 29.8 Å². The molecule has 1 atom stereocenters. The van der Waals surface area contributed by atoms with Gasteiger partial charge in [-0.15, -0.1) is 0 Å². The molecule has 1 aliphatic heterocycles. The number of halogens is 1. The fourth-order valence-electron chi connectivity index (χ4n) is 3.15. The zero-order valence-electron chi connectivity index (χ0n) is 14.5. The van der Waals surface area contributed by atoms with Crippen LogP contribution < -0.4 is 16.7 Å². The number of hydrazone groups is 1. The van der Waals surface area contributed by atoms with E-state index in [1.807, 2.05) is 13.8 Å². The highest BCUT2D eigenvalue weighted by Crippen LogP contribution is 2.25. The average Bonchev–Trinajstić information content (AvgIpc) is 3.02. The Hall–Kier alpha value is -3.23. The summed E-state index contributed by atoms with van der Waals surface area (Å²) in [6.07, 6.45) is 0. The zero-order chi connectivity index (χ0) is 18.6. The van der Waals surface area contributed by atoms with Gasteiger partial charge in [-0.1, -0.05) is 18.2 Å². The molecule has 3 aromatic rings. The molecule has 1 N–H and O–H groups in total. The van der Waals surface area contributed by atoms with Gasteiger partial charge >= 0.3 is 5.69 Å². The molecule has 9 heteroatoms. The number of imidazole rings is 1. The normalized spacial score (nSPS) is 16.3. The summed E-state index contributed by atoms with van der Waals surface area (Å²) in [4.78, 5) is 30.1. The number of rotatable bonds is 2. The van der Waals surface area contributed by atoms with E-state index in [9.17, 15) is 14.0 Å². The van der Waals surface area contributed by atoms with E-state index in [1.165, 1.54) is 10.6 Å². The van der Waals surface area contributed by atoms with Crippen LogP contribution in [-0.2, 0) is 13.6 Å². The standard InChI is InChI=1S/C17H17FN6O2/c1-9-10(2)24-13-14(19-16(24)21-20-9)22(3)17(26)23(15(13)25)8-11-6-4-5-7-12(11)18/h4-7,10H,8H2,1-3H3,(H,19,21)/t10-/m1/s1. The quantitative estimate of drug-likeness (QED) is 0.753. The molecular weight excluding hydrogens is 339 g/mol. The van der Waals surface area contributed by atoms with E-state index in [0.717, 1.165) is 10.3 Å². The number of anilines is 1. The van der Waals surface area contributed by atoms with Crippen LogP contribution in [0.5, 0.6) is 0 Å². The summed E-state index contributed by atoms with van der Waals surface area (Å²) < 4.78 is 18.1. The first-order chi connectivity index (χ1) is 12.4. The molecule has 0 saturated carbocycles. The van der Waals surface area contributed by atoms with Crippen molar-refractivity contribution >= 4 is 22.8 Å². The minimum Gasteiger partial charge on any atom is -0.294 e. The largest absolute Gasteiger partial charge is 0.332 e. The van der Waals surface area contributed by atoms with Gasteiger partial charge in [-0.3, -0.25) is 18.5 Å². The second-order valence-corrected chi connectivity index (χ2v) is 6.34. The Morgan fingerprint density at radius 3 is 2.73 bits per heavy atom. The summed E-state index contributed by atoms with van der Waals surface area (Å²) in [5.41, 5.74) is 3.35. The lowest BCUT2D eigenvalue weighted by molar-refractivity contribution is 0.581. The molecule has 26 heavy (non-hydrogen) atoms. The van der Waals surface area contributed by atoms with Crippen molar-refractivity contribution in [2.45, 2.75) is 26.4 Å². The van der Waals surface area contributed by atoms with Crippen molar-refractivity contribution < 1.29 is 4.39 Å². The van der Waals surface area contributed by atoms with Crippen LogP contribution in [0.3, 0.4) is 0 Å². The van der Waals surface area contributed by atoms with Crippen LogP contribution >= 0.6 is 0 Å². The minimum absolute atomic E-state index is 0.149. The maximum absolute atomic E-state index is 14.0. The highest BCUT2D eigenvalue weighted by Gasteiger charge is 2.26. The molecule has 3 heterocycles. The van der Waals surface area contributed by atoms with Crippen molar-refractivity contribution in [1.82, 2.24) is 18.7 Å². The molecular formula is C17H17FN6O2. The molecule has 0 amide bonds. The van der Waals surface area contributed by atoms with Crippen LogP contribution in [0.1, 0.15) is 25.5 Å². The minimum atomic E-state index is -0.550. The number of hydrogen-bond acceptors (Lipinski definition) is 5. The smallest absolute Gasteiger partial charge is 0.294 e. The second-order valence-electron chi connectivity index (χ2n) is 6.34. The van der Waals surface area contributed by atoms with E-state index in [-0.39, 0.29) is 29.3 Å². The molecule has 134 valence electrons. The van der Waals surface area contributed by atoms with Crippen molar-refractivity contribution in [3.05, 3.63) is 56.5 Å². The Morgan fingerprint density at radius 1 is 1.27 bits per heavy atom. The van der Waals surface area contributed by atoms with Gasteiger partial charge in [0.2, 0.25) is 5.95 Å². The molecule has 1 aliphatic rings. The van der Waals surface area contributed by atoms with Crippen molar-refractivity contribution in [2.75, 3.05) is 5.43 Å². The van der Waals surface area contributed by atoms with Crippen LogP contribution in [0.15, 0.2) is 39.0 Å². The lowest BCUT2D eigenvalue weighted by atomic mass is 10.2. The SMILES string of the molecule is CC1=NNc2nc3c(c(=O)n(Cc4ccccc4F)c(=O)n3C)n2[C@@H]1C. The van der Waals surface area contributed by atoms with Gasteiger partial charge in [-0.05, 0) is 19.9 Å². The predicted octanol–water partition coefficient (Wildman–Crippen LogP) is 1.45. The number of nitrogens with one attached hydrogen (secondary N) is 1. The number of aryl methyl sites for hydroxylation is 1. The van der Waals surface area contributed by atoms with E-state index in [2.05, 4.69) is 15.5 Å². The van der Waals surface area contributed by atoms with E-state index < -0.39 is 17.1 Å². The second kappa shape index (κ2) is 5.65. The first-order valence-corrected chi connectivity index (χ1v) is 8.15. The average molecular weight is 356 g/mol. The van der Waals surface area contributed by atoms with Crippen LogP contribution in [0.25, 0.3) is 11.2 Å². The number of aromatic nitrogens is 4. The van der Waals surface area contributed by atoms with Gasteiger partial charge in [0.15, 0.2) is 11.2 Å². The summed E-state index contributed by atoms with van der Waals surface area (Å²) >= 11 is 0. The van der Waals surface area contributed by atoms with Crippen molar-refractivity contribution in [1.29, 1.82) is 0 Å². The molecule has 2 aromatic heterocycles. The number of hydrogen-bond donors (Lipinski definition) is 1. The van der Waals surface area contributed by atoms with Crippen LogP contribution in [0.4, 0.5) is 10.3 Å². The van der Waals surface area contributed by atoms with E-state index in [4.69, 9.17) is 0 Å². The molecule has 0 radical (unpaired) electrons. The van der Waals surface area contributed by atoms with Crippen molar-refractivity contribution in [2.24, 2.45) is 12.1 Å². The molecule has 0 bridgehead atoms. The van der Waals surface area contributed by atoms with Gasteiger partial charge < -0.3 is 0 Å². The summed E-state index contributed by atoms with van der Waals surface area (Å²) in [5, 5.41) is 4.17. The van der Waals surface area contributed by atoms with Gasteiger partial charge in [-0.25, -0.2) is 14.6 Å². The number of benzene rings is 1. The van der Waals surface area contributed by atoms with Gasteiger partial charge in [0.1, 0.15) is 5.82 Å². The summed E-state index contributed by atoms with van der Waals surface area (Å²) in [5.74, 6) is -0.0660. The monoisotopic (exact) mass is 356 g/mol. The number of fused-ring (bicyclic) bond motifs is 3. The Balaban J connectivity index is 2.01. The Kier molecular flexibility index (Phi) is 3.53. The van der Waals surface area contributed by atoms with Crippen molar-refractivity contribution in [3.63, 3.8) is 0 Å². The zero-order valence-corrected chi connectivity index (χ0v) is 14.5. The molecule has 0 spiro atoms. The van der Waals surface area contributed by atoms with Gasteiger partial charge in [-0.2, -0.15) is 10.1 Å². The summed E-state index contributed by atoms with van der Waals surface area (Å²) in [7, 11) is 1.54. The third kappa shape index (κ3) is 2.20. The Labute approximate surface area is 147 Å². The van der Waals surface area contributed by atoms with Gasteiger partial charge in [0.25, 0.3) is 5.56 Å². The first-order valence-electron chi connectivity index (χ1n) is 8.15. The van der Waals surface area contributed by atoms with E-state index >= 15 is 0 Å². The lowest BCUT2D eigenvalue weighted by Gasteiger charge is -2.21. The summed E-state index contributed by atoms with van der Waals surface area (Å²) in [6.45, 7) is 3.59. The van der Waals surface area contributed by atoms with Crippen LogP contribution in [-0.4, -0.2) is 24.4 Å². The first kappa shape index (κ1) is 16.2. The maximum Gasteiger partial charge on any atom is 0.332 e. The van der Waals surface area contributed by atoms with Crippen LogP contribution in [0.2, 0.25) is 0 Å². The predicted molar refractivity (Wildman–Crippen MR) is 96.2 cm³/mol. The Morgan fingerprint density at radius 2 is 2.00 bits per heavy atom. The highest BCUT2D eigenvalue weighted by molar-refractivity contribution is 5.90. The van der Waals surface area contributed by atoms with E-state index in [0.29, 0.717) is 5.95 Å². The fourth-order valence-corrected chi connectivity index (χ4v) is 3.15. The topological polar surface area (TPSA) is 86.2 Å². The van der Waals surface area contributed by atoms with Gasteiger partial charge in [0, 0.05) is 12.6 Å². The van der Waals surface area contributed by atoms with Crippen molar-refractivity contribution in [3.8, 4) is 0 Å². The number of nitrogens with zero attached hydrogens (tertiary/aromatic N) is 5. The molecule has 8 nitrogen and oxygen atoms in total. The van der Waals surface area contributed by atoms with Crippen LogP contribution in [0, 0.1) is 5.82 Å². The summed E-state index contributed by atoms with van der Waals surface area (Å²) in [6, 6.07) is 5.89. The molecule has 1 aromatic carbocycles. The molecule has 0 fully saturated rings. The molecule has 0 saturated heterocycles.